The van der Waals surface area contributed by atoms with Gasteiger partial charge in [-0.1, -0.05) is 18.2 Å². The molecule has 0 bridgehead atoms. The maximum atomic E-state index is 13.1. The van der Waals surface area contributed by atoms with Crippen LogP contribution in [0.1, 0.15) is 49.4 Å². The van der Waals surface area contributed by atoms with E-state index in [4.69, 9.17) is 15.6 Å². The van der Waals surface area contributed by atoms with Gasteiger partial charge >= 0.3 is 12.2 Å². The molecule has 0 radical (unpaired) electrons. The lowest BCUT2D eigenvalue weighted by Gasteiger charge is -2.37. The maximum absolute atomic E-state index is 13.1. The van der Waals surface area contributed by atoms with E-state index < -0.39 is 17.8 Å². The monoisotopic (exact) mass is 622 g/mol. The van der Waals surface area contributed by atoms with E-state index in [1.807, 2.05) is 30.1 Å². The summed E-state index contributed by atoms with van der Waals surface area (Å²) in [6.45, 7) is 6.13. The highest BCUT2D eigenvalue weighted by molar-refractivity contribution is 5.94. The summed E-state index contributed by atoms with van der Waals surface area (Å²) in [4.78, 5) is 30.1. The first kappa shape index (κ1) is 30.7. The summed E-state index contributed by atoms with van der Waals surface area (Å²) >= 11 is 0. The molecule has 1 aromatic heterocycles. The van der Waals surface area contributed by atoms with Crippen LogP contribution in [0.15, 0.2) is 72.0 Å². The number of ketones is 1. The summed E-state index contributed by atoms with van der Waals surface area (Å²) in [5, 5.41) is 4.83. The van der Waals surface area contributed by atoms with Crippen LogP contribution in [0.2, 0.25) is 0 Å². The maximum Gasteiger partial charge on any atom is 0.416 e. The van der Waals surface area contributed by atoms with Gasteiger partial charge in [-0.25, -0.2) is 4.79 Å². The number of aryl methyl sites for hydroxylation is 1. The van der Waals surface area contributed by atoms with Gasteiger partial charge in [0.2, 0.25) is 0 Å². The van der Waals surface area contributed by atoms with E-state index in [9.17, 15) is 22.8 Å². The number of primary amides is 1. The van der Waals surface area contributed by atoms with Crippen molar-refractivity contribution in [3.05, 3.63) is 88.8 Å². The van der Waals surface area contributed by atoms with Crippen LogP contribution in [0.3, 0.4) is 0 Å². The molecule has 238 valence electrons. The molecule has 0 unspecified atom stereocenters. The standard InChI is InChI=1S/C33H37F3N6O3/c1-22-17-24(19-27(43)18-22)30-21-40(15-16-45-30)26-7-12-39(13-8-26)10-2-11-42-29-9-14-41(32(37)44)20-28(29)31(38-42)23-3-5-25(6-4-23)33(34,35)36/h3-6,15-18,21,26H,2,7-14,19-20H2,1H3,(H2,37,44). The minimum absolute atomic E-state index is 0.0861. The lowest BCUT2D eigenvalue weighted by Crippen LogP contribution is -2.42. The summed E-state index contributed by atoms with van der Waals surface area (Å²) in [5.74, 6) is 0.806. The summed E-state index contributed by atoms with van der Waals surface area (Å²) in [5.41, 5.74) is 9.69. The highest BCUT2D eigenvalue weighted by Gasteiger charge is 2.32. The van der Waals surface area contributed by atoms with Crippen LogP contribution in [0.5, 0.6) is 0 Å². The summed E-state index contributed by atoms with van der Waals surface area (Å²) in [6.07, 6.45) is 8.66. The number of allylic oxidation sites excluding steroid dienone is 4. The first-order valence-corrected chi connectivity index (χ1v) is 15.3. The molecule has 2 aromatic rings. The number of nitrogens with zero attached hydrogens (tertiary/aromatic N) is 5. The number of halogens is 3. The number of piperidine rings is 1. The number of hydrogen-bond acceptors (Lipinski definition) is 6. The van der Waals surface area contributed by atoms with Crippen molar-refractivity contribution < 1.29 is 27.5 Å². The fourth-order valence-corrected chi connectivity index (χ4v) is 6.59. The van der Waals surface area contributed by atoms with E-state index in [0.717, 1.165) is 79.2 Å². The second-order valence-electron chi connectivity index (χ2n) is 12.1. The van der Waals surface area contributed by atoms with Gasteiger partial charge in [0.05, 0.1) is 17.8 Å². The highest BCUT2D eigenvalue weighted by Crippen LogP contribution is 2.34. The van der Waals surface area contributed by atoms with Gasteiger partial charge < -0.3 is 25.2 Å². The highest BCUT2D eigenvalue weighted by atomic mass is 19.4. The molecule has 4 aliphatic rings. The number of aromatic nitrogens is 2. The van der Waals surface area contributed by atoms with Crippen molar-refractivity contribution in [1.29, 1.82) is 0 Å². The number of ether oxygens (including phenoxy) is 1. The van der Waals surface area contributed by atoms with E-state index in [2.05, 4.69) is 9.80 Å². The minimum atomic E-state index is -4.42. The molecule has 0 spiro atoms. The summed E-state index contributed by atoms with van der Waals surface area (Å²) < 4.78 is 47.2. The fraction of sp³-hybridized carbons (Fsp3) is 0.424. The predicted octanol–water partition coefficient (Wildman–Crippen LogP) is 5.35. The zero-order valence-corrected chi connectivity index (χ0v) is 25.2. The molecule has 4 heterocycles. The zero-order chi connectivity index (χ0) is 31.7. The topological polar surface area (TPSA) is 96.9 Å². The average Bonchev–Trinajstić information content (AvgIpc) is 3.38. The Morgan fingerprint density at radius 3 is 2.53 bits per heavy atom. The van der Waals surface area contributed by atoms with Crippen molar-refractivity contribution in [2.24, 2.45) is 5.73 Å². The third-order valence-corrected chi connectivity index (χ3v) is 8.92. The van der Waals surface area contributed by atoms with Gasteiger partial charge in [-0.2, -0.15) is 18.3 Å². The predicted molar refractivity (Wildman–Crippen MR) is 162 cm³/mol. The average molecular weight is 623 g/mol. The number of alkyl halides is 3. The van der Waals surface area contributed by atoms with Crippen LogP contribution in [-0.4, -0.2) is 68.5 Å². The number of likely N-dealkylation sites (tertiary alicyclic amines) is 1. The van der Waals surface area contributed by atoms with Crippen molar-refractivity contribution in [1.82, 2.24) is 24.5 Å². The van der Waals surface area contributed by atoms with Gasteiger partial charge in [-0.3, -0.25) is 9.48 Å². The van der Waals surface area contributed by atoms with Crippen LogP contribution in [0.4, 0.5) is 18.0 Å². The third kappa shape index (κ3) is 6.85. The van der Waals surface area contributed by atoms with Gasteiger partial charge in [-0.15, -0.1) is 0 Å². The Bertz CT molecular complexity index is 1580. The molecule has 0 atom stereocenters. The molecule has 2 amide bonds. The Balaban J connectivity index is 1.07. The molecular formula is C33H37F3N6O3. The van der Waals surface area contributed by atoms with E-state index >= 15 is 0 Å². The molecule has 1 aliphatic carbocycles. The Morgan fingerprint density at radius 2 is 1.84 bits per heavy atom. The van der Waals surface area contributed by atoms with Crippen molar-refractivity contribution in [2.75, 3.05) is 26.2 Å². The number of benzene rings is 1. The number of fused-ring (bicyclic) bond motifs is 1. The van der Waals surface area contributed by atoms with Crippen molar-refractivity contribution in [3.8, 4) is 11.3 Å². The lowest BCUT2D eigenvalue weighted by molar-refractivity contribution is -0.137. The van der Waals surface area contributed by atoms with E-state index in [1.165, 1.54) is 17.0 Å². The Labute approximate surface area is 260 Å². The number of nitrogens with two attached hydrogens (primary N) is 1. The molecule has 12 heteroatoms. The van der Waals surface area contributed by atoms with Crippen LogP contribution < -0.4 is 5.73 Å². The largest absolute Gasteiger partial charge is 0.462 e. The van der Waals surface area contributed by atoms with Gasteiger partial charge in [-0.05, 0) is 56.5 Å². The smallest absolute Gasteiger partial charge is 0.416 e. The molecule has 0 saturated carbocycles. The molecule has 3 aliphatic heterocycles. The molecule has 6 rings (SSSR count). The van der Waals surface area contributed by atoms with Gasteiger partial charge in [0.1, 0.15) is 12.0 Å². The van der Waals surface area contributed by atoms with Crippen molar-refractivity contribution in [2.45, 2.75) is 64.3 Å². The van der Waals surface area contributed by atoms with Gasteiger partial charge in [0.15, 0.2) is 5.78 Å². The fourth-order valence-electron chi connectivity index (χ4n) is 6.59. The molecule has 1 fully saturated rings. The van der Waals surface area contributed by atoms with Crippen LogP contribution in [-0.2, 0) is 35.2 Å². The number of urea groups is 1. The zero-order valence-electron chi connectivity index (χ0n) is 25.2. The summed E-state index contributed by atoms with van der Waals surface area (Å²) in [6, 6.07) is 4.82. The normalized spacial score (nSPS) is 19.6. The number of carbonyl (C=O) groups is 2. The quantitative estimate of drug-likeness (QED) is 0.447. The van der Waals surface area contributed by atoms with E-state index in [1.54, 1.807) is 12.3 Å². The third-order valence-electron chi connectivity index (χ3n) is 8.92. The van der Waals surface area contributed by atoms with E-state index in [-0.39, 0.29) is 12.3 Å². The van der Waals surface area contributed by atoms with Crippen LogP contribution in [0, 0.1) is 0 Å². The Kier molecular flexibility index (Phi) is 8.59. The molecule has 1 aromatic carbocycles. The second-order valence-corrected chi connectivity index (χ2v) is 12.1. The molecule has 45 heavy (non-hydrogen) atoms. The van der Waals surface area contributed by atoms with Crippen molar-refractivity contribution >= 4 is 11.8 Å². The number of hydrogen-bond donors (Lipinski definition) is 1. The minimum Gasteiger partial charge on any atom is -0.462 e. The Hall–Kier alpha value is -4.32. The molecule has 1 saturated heterocycles. The van der Waals surface area contributed by atoms with Gasteiger partial charge in [0.25, 0.3) is 0 Å². The molecule has 2 N–H and O–H groups in total. The van der Waals surface area contributed by atoms with E-state index in [0.29, 0.717) is 43.2 Å². The second kappa shape index (κ2) is 12.6. The SMILES string of the molecule is CC1=CC(=O)CC(C2=CN(C3CCN(CCCn4nc(-c5ccc(C(F)(F)F)cc5)c5c4CCN(C(N)=O)C5)CC3)C=CO2)=C1. The van der Waals surface area contributed by atoms with Crippen LogP contribution in [0.25, 0.3) is 11.3 Å². The van der Waals surface area contributed by atoms with Crippen molar-refractivity contribution in [3.63, 3.8) is 0 Å². The number of amides is 2. The Morgan fingerprint density at radius 1 is 1.09 bits per heavy atom. The first-order chi connectivity index (χ1) is 21.5. The lowest BCUT2D eigenvalue weighted by atomic mass is 9.97. The molecule has 9 nitrogen and oxygen atoms in total. The van der Waals surface area contributed by atoms with Crippen LogP contribution >= 0.6 is 0 Å². The number of carbonyl (C=O) groups excluding carboxylic acids is 2. The van der Waals surface area contributed by atoms with Gasteiger partial charge in [0, 0.05) is 79.9 Å². The first-order valence-electron chi connectivity index (χ1n) is 15.3. The number of rotatable bonds is 7. The summed E-state index contributed by atoms with van der Waals surface area (Å²) in [7, 11) is 0. The molecular weight excluding hydrogens is 585 g/mol.